The van der Waals surface area contributed by atoms with E-state index in [0.717, 1.165) is 32.2 Å². The van der Waals surface area contributed by atoms with Crippen molar-refractivity contribution in [2.24, 2.45) is 0 Å². The van der Waals surface area contributed by atoms with Gasteiger partial charge in [-0.15, -0.1) is 0 Å². The second-order valence-corrected chi connectivity index (χ2v) is 7.87. The predicted molar refractivity (Wildman–Crippen MR) is 94.5 cm³/mol. The van der Waals surface area contributed by atoms with Crippen LogP contribution in [0.3, 0.4) is 0 Å². The molecule has 2 N–H and O–H groups in total. The highest BCUT2D eigenvalue weighted by Crippen LogP contribution is 2.23. The van der Waals surface area contributed by atoms with Gasteiger partial charge in [0.05, 0.1) is 10.5 Å². The summed E-state index contributed by atoms with van der Waals surface area (Å²) in [6.45, 7) is 5.17. The second kappa shape index (κ2) is 9.15. The van der Waals surface area contributed by atoms with Crippen LogP contribution in [0.4, 0.5) is 0 Å². The normalized spacial score (nSPS) is 16.0. The summed E-state index contributed by atoms with van der Waals surface area (Å²) in [5.41, 5.74) is 0.221. The van der Waals surface area contributed by atoms with E-state index in [2.05, 4.69) is 17.6 Å². The lowest BCUT2D eigenvalue weighted by Gasteiger charge is -2.26. The van der Waals surface area contributed by atoms with Gasteiger partial charge in [0.2, 0.25) is 10.0 Å². The van der Waals surface area contributed by atoms with Crippen molar-refractivity contribution in [2.45, 2.75) is 37.5 Å². The van der Waals surface area contributed by atoms with E-state index in [-0.39, 0.29) is 16.4 Å². The molecule has 0 radical (unpaired) electrons. The third-order valence-electron chi connectivity index (χ3n) is 4.08. The van der Waals surface area contributed by atoms with Crippen LogP contribution in [0.5, 0.6) is 0 Å². The van der Waals surface area contributed by atoms with Gasteiger partial charge in [0.1, 0.15) is 0 Å². The van der Waals surface area contributed by atoms with Crippen LogP contribution in [0.2, 0.25) is 0 Å². The third-order valence-corrected chi connectivity index (χ3v) is 6.04. The summed E-state index contributed by atoms with van der Waals surface area (Å²) in [5, 5.41) is 5.99. The Kier molecular flexibility index (Phi) is 7.20. The molecule has 1 fully saturated rings. The first kappa shape index (κ1) is 18.9. The van der Waals surface area contributed by atoms with E-state index in [9.17, 15) is 13.2 Å². The molecule has 0 unspecified atom stereocenters. The third kappa shape index (κ3) is 4.78. The minimum atomic E-state index is -3.62. The molecule has 1 saturated heterocycles. The summed E-state index contributed by atoms with van der Waals surface area (Å²) in [6, 6.07) is 6.45. The van der Waals surface area contributed by atoms with E-state index in [1.54, 1.807) is 18.2 Å². The SMILES string of the molecule is CCCNCCNC(=O)c1ccccc1S(=O)(=O)N1CCCCC1. The zero-order chi connectivity index (χ0) is 17.4. The molecule has 0 aliphatic carbocycles. The zero-order valence-corrected chi connectivity index (χ0v) is 15.1. The van der Waals surface area contributed by atoms with E-state index >= 15 is 0 Å². The summed E-state index contributed by atoms with van der Waals surface area (Å²) in [5.74, 6) is -0.343. The molecule has 1 amide bonds. The Balaban J connectivity index is 2.10. The highest BCUT2D eigenvalue weighted by atomic mass is 32.2. The van der Waals surface area contributed by atoms with Gasteiger partial charge < -0.3 is 10.6 Å². The van der Waals surface area contributed by atoms with Crippen LogP contribution in [0.25, 0.3) is 0 Å². The number of carbonyl (C=O) groups excluding carboxylic acids is 1. The molecule has 7 heteroatoms. The van der Waals surface area contributed by atoms with Gasteiger partial charge >= 0.3 is 0 Å². The molecule has 0 saturated carbocycles. The Morgan fingerprint density at radius 2 is 1.79 bits per heavy atom. The van der Waals surface area contributed by atoms with Crippen LogP contribution in [0, 0.1) is 0 Å². The Morgan fingerprint density at radius 1 is 1.08 bits per heavy atom. The Bertz CT molecular complexity index is 640. The fourth-order valence-corrected chi connectivity index (χ4v) is 4.49. The van der Waals surface area contributed by atoms with Crippen LogP contribution in [0.1, 0.15) is 43.0 Å². The van der Waals surface area contributed by atoms with Crippen molar-refractivity contribution in [3.8, 4) is 0 Å². The summed E-state index contributed by atoms with van der Waals surface area (Å²) >= 11 is 0. The van der Waals surface area contributed by atoms with E-state index in [1.165, 1.54) is 10.4 Å². The van der Waals surface area contributed by atoms with E-state index in [4.69, 9.17) is 0 Å². The van der Waals surface area contributed by atoms with Gasteiger partial charge in [-0.2, -0.15) is 4.31 Å². The molecular weight excluding hydrogens is 326 g/mol. The van der Waals surface area contributed by atoms with Crippen molar-refractivity contribution in [1.29, 1.82) is 0 Å². The Labute approximate surface area is 144 Å². The molecule has 0 bridgehead atoms. The number of nitrogens with zero attached hydrogens (tertiary/aromatic N) is 1. The van der Waals surface area contributed by atoms with Gasteiger partial charge in [0.15, 0.2) is 0 Å². The number of carbonyl (C=O) groups is 1. The topological polar surface area (TPSA) is 78.5 Å². The van der Waals surface area contributed by atoms with Gasteiger partial charge in [-0.25, -0.2) is 8.42 Å². The summed E-state index contributed by atoms with van der Waals surface area (Å²) < 4.78 is 27.2. The average molecular weight is 353 g/mol. The lowest BCUT2D eigenvalue weighted by atomic mass is 10.2. The van der Waals surface area contributed by atoms with Crippen LogP contribution in [-0.2, 0) is 10.0 Å². The molecule has 1 aromatic rings. The highest BCUT2D eigenvalue weighted by Gasteiger charge is 2.29. The fourth-order valence-electron chi connectivity index (χ4n) is 2.78. The van der Waals surface area contributed by atoms with Gasteiger partial charge in [-0.05, 0) is 37.9 Å². The number of nitrogens with one attached hydrogen (secondary N) is 2. The summed E-state index contributed by atoms with van der Waals surface area (Å²) in [7, 11) is -3.62. The van der Waals surface area contributed by atoms with Crippen molar-refractivity contribution >= 4 is 15.9 Å². The van der Waals surface area contributed by atoms with Crippen LogP contribution in [-0.4, -0.2) is 51.4 Å². The maximum Gasteiger partial charge on any atom is 0.252 e. The molecule has 134 valence electrons. The number of amides is 1. The van der Waals surface area contributed by atoms with Gasteiger partial charge in [0.25, 0.3) is 5.91 Å². The minimum Gasteiger partial charge on any atom is -0.351 e. The van der Waals surface area contributed by atoms with Crippen molar-refractivity contribution < 1.29 is 13.2 Å². The molecule has 1 aliphatic heterocycles. The molecule has 0 spiro atoms. The molecule has 1 aliphatic rings. The van der Waals surface area contributed by atoms with Crippen LogP contribution >= 0.6 is 0 Å². The average Bonchev–Trinajstić information content (AvgIpc) is 2.62. The van der Waals surface area contributed by atoms with Gasteiger partial charge in [-0.1, -0.05) is 25.5 Å². The smallest absolute Gasteiger partial charge is 0.252 e. The van der Waals surface area contributed by atoms with Crippen molar-refractivity contribution in [3.63, 3.8) is 0 Å². The second-order valence-electron chi connectivity index (χ2n) is 5.97. The first-order valence-corrected chi connectivity index (χ1v) is 10.1. The van der Waals surface area contributed by atoms with E-state index in [1.807, 2.05) is 0 Å². The Hall–Kier alpha value is -1.44. The zero-order valence-electron chi connectivity index (χ0n) is 14.3. The minimum absolute atomic E-state index is 0.103. The first-order chi connectivity index (χ1) is 11.6. The number of benzene rings is 1. The first-order valence-electron chi connectivity index (χ1n) is 8.65. The molecule has 1 aromatic carbocycles. The standard InChI is InChI=1S/C17H27N3O3S/c1-2-10-18-11-12-19-17(21)15-8-4-5-9-16(15)24(22,23)20-13-6-3-7-14-20/h4-5,8-9,18H,2-3,6-7,10-14H2,1H3,(H,19,21). The highest BCUT2D eigenvalue weighted by molar-refractivity contribution is 7.89. The Morgan fingerprint density at radius 3 is 2.50 bits per heavy atom. The lowest BCUT2D eigenvalue weighted by Crippen LogP contribution is -2.37. The fraction of sp³-hybridized carbons (Fsp3) is 0.588. The predicted octanol–water partition coefficient (Wildman–Crippen LogP) is 1.59. The number of hydrogen-bond donors (Lipinski definition) is 2. The van der Waals surface area contributed by atoms with Crippen LogP contribution in [0.15, 0.2) is 29.2 Å². The van der Waals surface area contributed by atoms with Crippen molar-refractivity contribution in [3.05, 3.63) is 29.8 Å². The van der Waals surface area contributed by atoms with Gasteiger partial charge in [0, 0.05) is 26.2 Å². The van der Waals surface area contributed by atoms with Crippen LogP contribution < -0.4 is 10.6 Å². The maximum atomic E-state index is 12.9. The molecule has 1 heterocycles. The number of rotatable bonds is 8. The monoisotopic (exact) mass is 353 g/mol. The lowest BCUT2D eigenvalue weighted by molar-refractivity contribution is 0.0950. The molecular formula is C17H27N3O3S. The molecule has 24 heavy (non-hydrogen) atoms. The number of hydrogen-bond acceptors (Lipinski definition) is 4. The largest absolute Gasteiger partial charge is 0.351 e. The maximum absolute atomic E-state index is 12.9. The van der Waals surface area contributed by atoms with E-state index in [0.29, 0.717) is 26.2 Å². The van der Waals surface area contributed by atoms with E-state index < -0.39 is 10.0 Å². The molecule has 0 aromatic heterocycles. The van der Waals surface area contributed by atoms with Gasteiger partial charge in [-0.3, -0.25) is 4.79 Å². The number of sulfonamides is 1. The summed E-state index contributed by atoms with van der Waals surface area (Å²) in [4.78, 5) is 12.5. The van der Waals surface area contributed by atoms with Crippen molar-refractivity contribution in [1.82, 2.24) is 14.9 Å². The summed E-state index contributed by atoms with van der Waals surface area (Å²) in [6.07, 6.45) is 3.83. The molecule has 6 nitrogen and oxygen atoms in total. The quantitative estimate of drug-likeness (QED) is 0.696. The van der Waals surface area contributed by atoms with Crippen molar-refractivity contribution in [2.75, 3.05) is 32.7 Å². The molecule has 0 atom stereocenters. The number of piperidine rings is 1. The molecule has 2 rings (SSSR count).